The molecule has 0 amide bonds. The number of carbonyl (C=O) groups excluding carboxylic acids is 2. The number of nitrogens with zero attached hydrogens (tertiary/aromatic N) is 2. The topological polar surface area (TPSA) is 91.1 Å². The predicted molar refractivity (Wildman–Crippen MR) is 212 cm³/mol. The summed E-state index contributed by atoms with van der Waals surface area (Å²) in [6.45, 7) is 11.0. The number of para-hydroxylation sites is 3. The molecular weight excluding hydrogens is 700 g/mol. The third-order valence-electron chi connectivity index (χ3n) is 10.4. The van der Waals surface area contributed by atoms with E-state index in [0.717, 1.165) is 30.0 Å². The average Bonchev–Trinajstić information content (AvgIpc) is 3.49. The number of benzene rings is 3. The molecule has 2 heterocycles. The summed E-state index contributed by atoms with van der Waals surface area (Å²) in [5.74, 6) is 0.344. The number of allylic oxidation sites excluding steroid dienone is 5. The van der Waals surface area contributed by atoms with Gasteiger partial charge in [-0.1, -0.05) is 72.3 Å². The van der Waals surface area contributed by atoms with Gasteiger partial charge in [-0.3, -0.25) is 4.79 Å². The third-order valence-corrected chi connectivity index (χ3v) is 10.9. The maximum Gasteiger partial charge on any atom is 0.313 e. The Bertz CT molecular complexity index is 1950. The minimum Gasteiger partial charge on any atom is -0.554 e. The summed E-state index contributed by atoms with van der Waals surface area (Å²) in [7, 11) is 2.15. The van der Waals surface area contributed by atoms with Crippen LogP contribution in [0.3, 0.4) is 0 Å². The van der Waals surface area contributed by atoms with Gasteiger partial charge in [-0.25, -0.2) is 0 Å². The first-order chi connectivity index (χ1) is 26.0. The van der Waals surface area contributed by atoms with E-state index < -0.39 is 6.47 Å². The zero-order valence-electron chi connectivity index (χ0n) is 32.0. The highest BCUT2D eigenvalue weighted by atomic mass is 35.5. The number of carbonyl (C=O) groups is 2. The van der Waals surface area contributed by atoms with Crippen LogP contribution in [0.2, 0.25) is 0 Å². The van der Waals surface area contributed by atoms with Gasteiger partial charge in [0.15, 0.2) is 5.71 Å². The summed E-state index contributed by atoms with van der Waals surface area (Å²) in [5, 5.41) is 9.17. The predicted octanol–water partition coefficient (Wildman–Crippen LogP) is 7.77. The Labute approximate surface area is 324 Å². The van der Waals surface area contributed by atoms with Crippen molar-refractivity contribution in [2.45, 2.75) is 64.2 Å². The standard InChI is InChI=1S/C44H50ClN2O4.CH2O2/c1-43(2)35-18-9-11-20-37(35)46(5)39(43)24-22-32-14-13-15-33(42(32)45)23-25-40-44(3,4)36-19-10-12-21-38(36)47(40)27-29-50-31-30-49-28-26-41(48)51-34-16-7-6-8-17-34;2-1-3/h6-12,16-24,33H,13-15,26-31H2,1-5H3;1H,(H,2,3)/q+1;/p-1/b24-22+;. The minimum absolute atomic E-state index is 0.0744. The van der Waals surface area contributed by atoms with E-state index >= 15 is 0 Å². The lowest BCUT2D eigenvalue weighted by atomic mass is 9.81. The molecule has 3 aromatic rings. The second kappa shape index (κ2) is 18.5. The molecule has 1 atom stereocenters. The second-order valence-corrected chi connectivity index (χ2v) is 15.0. The molecule has 0 fully saturated rings. The van der Waals surface area contributed by atoms with E-state index in [1.165, 1.54) is 33.8 Å². The van der Waals surface area contributed by atoms with E-state index in [2.05, 4.69) is 117 Å². The van der Waals surface area contributed by atoms with Crippen molar-refractivity contribution in [3.63, 3.8) is 0 Å². The summed E-state index contributed by atoms with van der Waals surface area (Å²) >= 11 is 7.17. The Morgan fingerprint density at radius 1 is 0.907 bits per heavy atom. The molecule has 0 radical (unpaired) electrons. The molecule has 1 aliphatic carbocycles. The number of hydrogen-bond acceptors (Lipinski definition) is 7. The highest BCUT2D eigenvalue weighted by molar-refractivity contribution is 6.30. The normalized spacial score (nSPS) is 18.1. The molecule has 3 aromatic carbocycles. The van der Waals surface area contributed by atoms with Crippen LogP contribution in [0.25, 0.3) is 0 Å². The number of esters is 1. The molecule has 3 aliphatic rings. The van der Waals surface area contributed by atoms with Crippen molar-refractivity contribution < 1.29 is 33.5 Å². The van der Waals surface area contributed by atoms with Crippen molar-refractivity contribution in [1.29, 1.82) is 0 Å². The molecule has 0 spiro atoms. The molecule has 54 heavy (non-hydrogen) atoms. The second-order valence-electron chi connectivity index (χ2n) is 14.6. The SMILES string of the molecule is C[N+]1=C(/C=C/C2=C(Cl)C(C=C=C3N(CCOCCOCCC(=O)Oc4ccccc4)c4ccccc4C3(C)C)CCC2)C(C)(C)c2ccccc21.O=C[O-]. The van der Waals surface area contributed by atoms with Gasteiger partial charge in [0.25, 0.3) is 0 Å². The highest BCUT2D eigenvalue weighted by Gasteiger charge is 2.43. The van der Waals surface area contributed by atoms with Crippen molar-refractivity contribution in [3.8, 4) is 5.75 Å². The zero-order chi connectivity index (χ0) is 38.7. The van der Waals surface area contributed by atoms with E-state index in [1.54, 1.807) is 12.1 Å². The Morgan fingerprint density at radius 3 is 2.28 bits per heavy atom. The Kier molecular flexibility index (Phi) is 13.9. The summed E-state index contributed by atoms with van der Waals surface area (Å²) < 4.78 is 19.2. The Morgan fingerprint density at radius 2 is 1.56 bits per heavy atom. The van der Waals surface area contributed by atoms with Gasteiger partial charge in [-0.15, -0.1) is 5.73 Å². The number of hydrogen-bond donors (Lipinski definition) is 0. The molecule has 284 valence electrons. The molecule has 0 saturated carbocycles. The Balaban J connectivity index is 0.00000181. The van der Waals surface area contributed by atoms with Crippen LogP contribution >= 0.6 is 11.6 Å². The first-order valence-electron chi connectivity index (χ1n) is 18.6. The third kappa shape index (κ3) is 9.31. The van der Waals surface area contributed by atoms with Gasteiger partial charge in [0.2, 0.25) is 5.69 Å². The fraction of sp³-hybridized carbons (Fsp3) is 0.378. The number of anilines is 1. The number of carboxylic acid groups (broad SMARTS) is 1. The van der Waals surface area contributed by atoms with Crippen molar-refractivity contribution in [1.82, 2.24) is 0 Å². The zero-order valence-corrected chi connectivity index (χ0v) is 32.7. The van der Waals surface area contributed by atoms with Gasteiger partial charge in [0.05, 0.1) is 44.0 Å². The first-order valence-corrected chi connectivity index (χ1v) is 19.0. The molecule has 8 nitrogen and oxygen atoms in total. The van der Waals surface area contributed by atoms with Gasteiger partial charge in [0, 0.05) is 52.8 Å². The van der Waals surface area contributed by atoms with Gasteiger partial charge in [-0.2, -0.15) is 4.58 Å². The summed E-state index contributed by atoms with van der Waals surface area (Å²) in [6, 6.07) is 26.3. The van der Waals surface area contributed by atoms with Crippen molar-refractivity contribution in [3.05, 3.63) is 130 Å². The van der Waals surface area contributed by atoms with Crippen LogP contribution in [-0.4, -0.2) is 62.7 Å². The van der Waals surface area contributed by atoms with Gasteiger partial charge in [0.1, 0.15) is 12.8 Å². The lowest BCUT2D eigenvalue weighted by Crippen LogP contribution is -2.29. The van der Waals surface area contributed by atoms with E-state index in [-0.39, 0.29) is 29.1 Å². The largest absolute Gasteiger partial charge is 0.554 e. The fourth-order valence-electron chi connectivity index (χ4n) is 7.59. The van der Waals surface area contributed by atoms with Crippen molar-refractivity contribution in [2.75, 3.05) is 44.9 Å². The minimum atomic E-state index is -0.500. The van der Waals surface area contributed by atoms with Crippen molar-refractivity contribution in [2.24, 2.45) is 5.92 Å². The van der Waals surface area contributed by atoms with E-state index in [0.29, 0.717) is 38.7 Å². The van der Waals surface area contributed by atoms with Gasteiger partial charge in [-0.05, 0) is 82.4 Å². The lowest BCUT2D eigenvalue weighted by Gasteiger charge is -2.26. The Hall–Kier alpha value is -4.72. The molecule has 2 aliphatic heterocycles. The van der Waals surface area contributed by atoms with Gasteiger partial charge < -0.3 is 29.0 Å². The van der Waals surface area contributed by atoms with Crippen LogP contribution in [0.15, 0.2) is 119 Å². The molecule has 0 bridgehead atoms. The van der Waals surface area contributed by atoms with Crippen LogP contribution in [0.1, 0.15) is 64.5 Å². The molecule has 9 heteroatoms. The van der Waals surface area contributed by atoms with Crippen molar-refractivity contribution >= 4 is 41.1 Å². The molecular formula is C45H51ClN2O6. The quantitative estimate of drug-likeness (QED) is 0.0440. The molecule has 0 saturated heterocycles. The van der Waals surface area contributed by atoms with Crippen LogP contribution in [0, 0.1) is 5.92 Å². The highest BCUT2D eigenvalue weighted by Crippen LogP contribution is 2.47. The van der Waals surface area contributed by atoms with Crippen LogP contribution < -0.4 is 14.7 Å². The van der Waals surface area contributed by atoms with E-state index in [1.807, 2.05) is 18.2 Å². The molecule has 0 N–H and O–H groups in total. The van der Waals surface area contributed by atoms with Crippen LogP contribution in [-0.2, 0) is 29.9 Å². The summed E-state index contributed by atoms with van der Waals surface area (Å²) in [5.41, 5.74) is 12.1. The average molecular weight is 751 g/mol. The molecule has 0 aromatic heterocycles. The number of rotatable bonds is 13. The van der Waals surface area contributed by atoms with Crippen LogP contribution in [0.4, 0.5) is 11.4 Å². The first kappa shape index (κ1) is 40.5. The van der Waals surface area contributed by atoms with E-state index in [4.69, 9.17) is 35.7 Å². The molecule has 1 unspecified atom stereocenters. The summed E-state index contributed by atoms with van der Waals surface area (Å²) in [6.07, 6.45) is 9.96. The maximum absolute atomic E-state index is 12.0. The smallest absolute Gasteiger partial charge is 0.313 e. The van der Waals surface area contributed by atoms with Gasteiger partial charge >= 0.3 is 5.97 Å². The number of halogens is 1. The summed E-state index contributed by atoms with van der Waals surface area (Å²) in [4.78, 5) is 22.6. The lowest BCUT2D eigenvalue weighted by molar-refractivity contribution is -0.401. The number of fused-ring (bicyclic) bond motifs is 2. The molecule has 6 rings (SSSR count). The maximum atomic E-state index is 12.0. The van der Waals surface area contributed by atoms with E-state index in [9.17, 15) is 4.79 Å². The van der Waals surface area contributed by atoms with Crippen LogP contribution in [0.5, 0.6) is 5.75 Å². The monoisotopic (exact) mass is 750 g/mol. The fourth-order valence-corrected chi connectivity index (χ4v) is 7.92. The number of ether oxygens (including phenoxy) is 3.